The number of carbonyl (C=O) groups excluding carboxylic acids is 1. The van der Waals surface area contributed by atoms with Crippen molar-refractivity contribution in [3.63, 3.8) is 0 Å². The van der Waals surface area contributed by atoms with E-state index in [4.69, 9.17) is 16.3 Å². The summed E-state index contributed by atoms with van der Waals surface area (Å²) in [6.07, 6.45) is -9.41. The van der Waals surface area contributed by atoms with Crippen molar-refractivity contribution in [3.05, 3.63) is 51.4 Å². The number of alkyl halides is 6. The monoisotopic (exact) mass is 444 g/mol. The summed E-state index contributed by atoms with van der Waals surface area (Å²) in [5.41, 5.74) is -2.57. The second-order valence-corrected chi connectivity index (χ2v) is 5.87. The maximum Gasteiger partial charge on any atom is 0.573 e. The molecule has 0 aliphatic rings. The summed E-state index contributed by atoms with van der Waals surface area (Å²) in [6, 6.07) is 3.22. The van der Waals surface area contributed by atoms with Crippen LogP contribution in [0.5, 0.6) is 11.5 Å². The van der Waals surface area contributed by atoms with E-state index in [1.165, 1.54) is 7.11 Å². The Kier molecular flexibility index (Phi) is 6.36. The molecule has 1 aromatic heterocycles. The summed E-state index contributed by atoms with van der Waals surface area (Å²) >= 11 is 5.49. The lowest BCUT2D eigenvalue weighted by molar-refractivity contribution is -0.274. The molecular formula is C16H11ClF6N2O4. The molecule has 0 unspecified atom stereocenters. The molecule has 0 aliphatic heterocycles. The molecule has 0 bridgehead atoms. The van der Waals surface area contributed by atoms with Crippen LogP contribution in [0.2, 0.25) is 5.02 Å². The highest BCUT2D eigenvalue weighted by atomic mass is 35.5. The summed E-state index contributed by atoms with van der Waals surface area (Å²) in [5.74, 6) is -1.75. The highest BCUT2D eigenvalue weighted by Gasteiger charge is 2.33. The lowest BCUT2D eigenvalue weighted by Crippen LogP contribution is -2.29. The predicted molar refractivity (Wildman–Crippen MR) is 89.0 cm³/mol. The summed E-state index contributed by atoms with van der Waals surface area (Å²) in [7, 11) is 1.17. The number of methoxy groups -OCH3 is 1. The maximum atomic E-state index is 12.8. The van der Waals surface area contributed by atoms with Gasteiger partial charge in [0.2, 0.25) is 5.91 Å². The standard InChI is InChI=1S/C16H11ClF6N2O4/c1-28-12-3-2-9(29-16(21,22)23)5-11(12)24-13(26)7-25-6-8(15(18,19)20)4-10(17)14(25)27/h2-6H,7H2,1H3,(H,24,26). The van der Waals surface area contributed by atoms with Crippen molar-refractivity contribution in [1.29, 1.82) is 0 Å². The number of ether oxygens (including phenoxy) is 2. The number of benzene rings is 1. The first-order chi connectivity index (χ1) is 13.3. The molecule has 29 heavy (non-hydrogen) atoms. The Bertz CT molecular complexity index is 971. The van der Waals surface area contributed by atoms with Crippen molar-refractivity contribution in [2.45, 2.75) is 19.1 Å². The number of aromatic nitrogens is 1. The minimum absolute atomic E-state index is 0.0534. The topological polar surface area (TPSA) is 69.6 Å². The van der Waals surface area contributed by atoms with Gasteiger partial charge in [-0.2, -0.15) is 13.2 Å². The molecular weight excluding hydrogens is 434 g/mol. The second kappa shape index (κ2) is 8.23. The third-order valence-electron chi connectivity index (χ3n) is 3.36. The molecule has 0 radical (unpaired) electrons. The van der Waals surface area contributed by atoms with E-state index >= 15 is 0 Å². The van der Waals surface area contributed by atoms with Crippen LogP contribution < -0.4 is 20.3 Å². The van der Waals surface area contributed by atoms with Gasteiger partial charge in [0.15, 0.2) is 0 Å². The van der Waals surface area contributed by atoms with Crippen LogP contribution in [0.15, 0.2) is 35.3 Å². The Hall–Kier alpha value is -2.89. The number of amides is 1. The highest BCUT2D eigenvalue weighted by molar-refractivity contribution is 6.30. The number of halogens is 7. The van der Waals surface area contributed by atoms with Gasteiger partial charge in [0.25, 0.3) is 5.56 Å². The number of hydrogen-bond donors (Lipinski definition) is 1. The number of hydrogen-bond acceptors (Lipinski definition) is 4. The first-order valence-electron chi connectivity index (χ1n) is 7.51. The van der Waals surface area contributed by atoms with Crippen molar-refractivity contribution in [2.24, 2.45) is 0 Å². The fourth-order valence-corrected chi connectivity index (χ4v) is 2.42. The number of rotatable bonds is 5. The largest absolute Gasteiger partial charge is 0.573 e. The number of nitrogens with one attached hydrogen (secondary N) is 1. The van der Waals surface area contributed by atoms with Gasteiger partial charge in [-0.05, 0) is 18.2 Å². The lowest BCUT2D eigenvalue weighted by atomic mass is 10.2. The lowest BCUT2D eigenvalue weighted by Gasteiger charge is -2.15. The van der Waals surface area contributed by atoms with Crippen LogP contribution in [0.3, 0.4) is 0 Å². The van der Waals surface area contributed by atoms with Crippen molar-refractivity contribution in [3.8, 4) is 11.5 Å². The molecule has 2 rings (SSSR count). The van der Waals surface area contributed by atoms with Crippen LogP contribution >= 0.6 is 11.6 Å². The van der Waals surface area contributed by atoms with Gasteiger partial charge in [0.1, 0.15) is 23.1 Å². The Morgan fingerprint density at radius 3 is 2.38 bits per heavy atom. The van der Waals surface area contributed by atoms with E-state index in [0.29, 0.717) is 16.8 Å². The van der Waals surface area contributed by atoms with Gasteiger partial charge in [-0.15, -0.1) is 13.2 Å². The van der Waals surface area contributed by atoms with Gasteiger partial charge in [-0.1, -0.05) is 11.6 Å². The molecule has 1 aromatic carbocycles. The van der Waals surface area contributed by atoms with E-state index < -0.39 is 46.9 Å². The molecule has 1 amide bonds. The predicted octanol–water partition coefficient (Wildman–Crippen LogP) is 4.07. The first kappa shape index (κ1) is 22.4. The zero-order chi connectivity index (χ0) is 22.0. The molecule has 158 valence electrons. The molecule has 1 heterocycles. The smallest absolute Gasteiger partial charge is 0.495 e. The summed E-state index contributed by atoms with van der Waals surface area (Å²) in [6.45, 7) is -0.893. The quantitative estimate of drug-likeness (QED) is 0.706. The Labute approximate surface area is 163 Å². The fourth-order valence-electron chi connectivity index (χ4n) is 2.20. The van der Waals surface area contributed by atoms with Gasteiger partial charge in [-0.25, -0.2) is 0 Å². The summed E-state index contributed by atoms with van der Waals surface area (Å²) in [5, 5.41) is 1.39. The average Bonchev–Trinajstić information content (AvgIpc) is 2.56. The van der Waals surface area contributed by atoms with Gasteiger partial charge in [0, 0.05) is 12.3 Å². The first-order valence-corrected chi connectivity index (χ1v) is 7.89. The van der Waals surface area contributed by atoms with Crippen LogP contribution in [0.4, 0.5) is 32.0 Å². The maximum absolute atomic E-state index is 12.8. The zero-order valence-corrected chi connectivity index (χ0v) is 15.1. The molecule has 1 N–H and O–H groups in total. The minimum atomic E-state index is -4.99. The summed E-state index contributed by atoms with van der Waals surface area (Å²) < 4.78 is 84.6. The number of nitrogens with zero attached hydrogens (tertiary/aromatic N) is 1. The fraction of sp³-hybridized carbons (Fsp3) is 0.250. The van der Waals surface area contributed by atoms with Gasteiger partial charge < -0.3 is 19.4 Å². The molecule has 0 aliphatic carbocycles. The van der Waals surface area contributed by atoms with E-state index in [2.05, 4.69) is 10.1 Å². The molecule has 0 saturated carbocycles. The van der Waals surface area contributed by atoms with Crippen molar-refractivity contribution >= 4 is 23.2 Å². The SMILES string of the molecule is COc1ccc(OC(F)(F)F)cc1NC(=O)Cn1cc(C(F)(F)F)cc(Cl)c1=O. The third-order valence-corrected chi connectivity index (χ3v) is 3.63. The van der Waals surface area contributed by atoms with Crippen molar-refractivity contribution < 1.29 is 40.6 Å². The van der Waals surface area contributed by atoms with Crippen molar-refractivity contribution in [1.82, 2.24) is 4.57 Å². The third kappa shape index (κ3) is 6.04. The highest BCUT2D eigenvalue weighted by Crippen LogP contribution is 2.32. The molecule has 0 fully saturated rings. The van der Waals surface area contributed by atoms with Gasteiger partial charge in [-0.3, -0.25) is 9.59 Å². The molecule has 6 nitrogen and oxygen atoms in total. The zero-order valence-electron chi connectivity index (χ0n) is 14.3. The molecule has 2 aromatic rings. The Morgan fingerprint density at radius 2 is 1.83 bits per heavy atom. The second-order valence-electron chi connectivity index (χ2n) is 5.47. The van der Waals surface area contributed by atoms with Crippen LogP contribution in [-0.4, -0.2) is 23.9 Å². The minimum Gasteiger partial charge on any atom is -0.495 e. The van der Waals surface area contributed by atoms with E-state index in [0.717, 1.165) is 18.2 Å². The Balaban J connectivity index is 2.28. The van der Waals surface area contributed by atoms with Crippen LogP contribution in [0.25, 0.3) is 0 Å². The number of carbonyl (C=O) groups is 1. The van der Waals surface area contributed by atoms with Crippen LogP contribution in [-0.2, 0) is 17.5 Å². The van der Waals surface area contributed by atoms with E-state index in [1.807, 2.05) is 0 Å². The Morgan fingerprint density at radius 1 is 1.17 bits per heavy atom. The molecule has 0 atom stereocenters. The molecule has 13 heteroatoms. The van der Waals surface area contributed by atoms with E-state index in [-0.39, 0.29) is 11.4 Å². The van der Waals surface area contributed by atoms with Gasteiger partial charge in [0.05, 0.1) is 18.4 Å². The normalized spacial score (nSPS) is 11.9. The molecule has 0 saturated heterocycles. The van der Waals surface area contributed by atoms with E-state index in [9.17, 15) is 35.9 Å². The van der Waals surface area contributed by atoms with Crippen LogP contribution in [0, 0.1) is 0 Å². The van der Waals surface area contributed by atoms with Gasteiger partial charge >= 0.3 is 12.5 Å². The van der Waals surface area contributed by atoms with Crippen molar-refractivity contribution in [2.75, 3.05) is 12.4 Å². The van der Waals surface area contributed by atoms with Crippen LogP contribution in [0.1, 0.15) is 5.56 Å². The average molecular weight is 445 g/mol. The molecule has 0 spiro atoms. The van der Waals surface area contributed by atoms with E-state index in [1.54, 1.807) is 0 Å². The number of anilines is 1. The summed E-state index contributed by atoms with van der Waals surface area (Å²) in [4.78, 5) is 24.0. The number of pyridine rings is 1.